The van der Waals surface area contributed by atoms with E-state index in [0.29, 0.717) is 46.6 Å². The second kappa shape index (κ2) is 8.64. The van der Waals surface area contributed by atoms with E-state index < -0.39 is 6.04 Å². The van der Waals surface area contributed by atoms with Crippen LogP contribution in [0.1, 0.15) is 30.8 Å². The third kappa shape index (κ3) is 4.05. The van der Waals surface area contributed by atoms with Crippen LogP contribution >= 0.6 is 11.6 Å². The Labute approximate surface area is 178 Å². The first-order valence-electron chi connectivity index (χ1n) is 9.57. The van der Waals surface area contributed by atoms with Crippen LogP contribution in [0.25, 0.3) is 0 Å². The molecule has 3 N–H and O–H groups in total. The minimum atomic E-state index is -0.488. The molecule has 0 saturated heterocycles. The zero-order valence-electron chi connectivity index (χ0n) is 16.3. The number of nitrogens with one attached hydrogen (secondary N) is 2. The van der Waals surface area contributed by atoms with Gasteiger partial charge < -0.3 is 15.7 Å². The minimum Gasteiger partial charge on any atom is -0.396 e. The van der Waals surface area contributed by atoms with Crippen molar-refractivity contribution in [3.05, 3.63) is 76.5 Å². The molecule has 0 bridgehead atoms. The third-order valence-corrected chi connectivity index (χ3v) is 5.05. The van der Waals surface area contributed by atoms with Gasteiger partial charge in [-0.1, -0.05) is 17.7 Å². The first kappa shape index (κ1) is 20.1. The number of amides is 1. The van der Waals surface area contributed by atoms with Crippen molar-refractivity contribution >= 4 is 29.1 Å². The molecule has 0 spiro atoms. The summed E-state index contributed by atoms with van der Waals surface area (Å²) in [4.78, 5) is 22.0. The number of rotatable bonds is 6. The van der Waals surface area contributed by atoms with Crippen LogP contribution in [0.4, 0.5) is 11.6 Å². The van der Waals surface area contributed by atoms with Gasteiger partial charge in [0.05, 0.1) is 5.57 Å². The lowest BCUT2D eigenvalue weighted by atomic mass is 9.96. The van der Waals surface area contributed by atoms with Gasteiger partial charge in [0.1, 0.15) is 6.04 Å². The number of aliphatic hydroxyl groups is 1. The van der Waals surface area contributed by atoms with Gasteiger partial charge in [0.25, 0.3) is 5.91 Å². The summed E-state index contributed by atoms with van der Waals surface area (Å²) in [5.41, 5.74) is 2.66. The van der Waals surface area contributed by atoms with Gasteiger partial charge in [0.15, 0.2) is 5.82 Å². The van der Waals surface area contributed by atoms with Gasteiger partial charge >= 0.3 is 0 Å². The quantitative estimate of drug-likeness (QED) is 0.561. The highest BCUT2D eigenvalue weighted by atomic mass is 35.5. The number of hydrogen-bond donors (Lipinski definition) is 3. The van der Waals surface area contributed by atoms with Crippen LogP contribution in [0.5, 0.6) is 0 Å². The molecular formula is C21H21ClN6O2. The summed E-state index contributed by atoms with van der Waals surface area (Å²) in [6.45, 7) is 1.90. The molecule has 1 aliphatic rings. The summed E-state index contributed by atoms with van der Waals surface area (Å²) in [5.74, 6) is 0.902. The van der Waals surface area contributed by atoms with Crippen LogP contribution in [0, 0.1) is 0 Å². The van der Waals surface area contributed by atoms with E-state index in [1.165, 1.54) is 0 Å². The highest BCUT2D eigenvalue weighted by Crippen LogP contribution is 2.35. The van der Waals surface area contributed by atoms with Crippen LogP contribution in [0.2, 0.25) is 5.02 Å². The molecule has 0 aliphatic carbocycles. The molecule has 8 nitrogen and oxygen atoms in total. The molecule has 0 saturated carbocycles. The number of aromatic nitrogens is 4. The molecule has 1 aromatic carbocycles. The maximum Gasteiger partial charge on any atom is 0.255 e. The van der Waals surface area contributed by atoms with E-state index in [-0.39, 0.29) is 12.5 Å². The van der Waals surface area contributed by atoms with Crippen LogP contribution in [0.15, 0.2) is 60.1 Å². The summed E-state index contributed by atoms with van der Waals surface area (Å²) in [6.07, 6.45) is 4.52. The summed E-state index contributed by atoms with van der Waals surface area (Å²) < 4.78 is 1.70. The summed E-state index contributed by atoms with van der Waals surface area (Å²) in [5, 5.41) is 20.4. The summed E-state index contributed by atoms with van der Waals surface area (Å²) >= 11 is 5.94. The van der Waals surface area contributed by atoms with E-state index in [4.69, 9.17) is 16.7 Å². The number of benzene rings is 1. The number of pyridine rings is 1. The van der Waals surface area contributed by atoms with Gasteiger partial charge in [-0.05, 0) is 49.2 Å². The molecule has 9 heteroatoms. The Kier molecular flexibility index (Phi) is 5.78. The number of hydrogen-bond acceptors (Lipinski definition) is 6. The molecule has 1 amide bonds. The van der Waals surface area contributed by atoms with Crippen LogP contribution in [0.3, 0.4) is 0 Å². The number of aryl methyl sites for hydroxylation is 1. The molecule has 2 aromatic heterocycles. The lowest BCUT2D eigenvalue weighted by Gasteiger charge is -2.28. The molecule has 154 valence electrons. The number of allylic oxidation sites excluding steroid dienone is 1. The van der Waals surface area contributed by atoms with Gasteiger partial charge in [0, 0.05) is 41.8 Å². The second-order valence-electron chi connectivity index (χ2n) is 6.94. The van der Waals surface area contributed by atoms with Crippen molar-refractivity contribution in [1.82, 2.24) is 19.7 Å². The fraction of sp³-hybridized carbons (Fsp3) is 0.238. The standard InChI is InChI=1S/C21H21ClN6O2/c1-13-18(20(30)25-16-8-6-15(22)7-9-16)19(14-4-2-10-23-12-14)28-21(24-13)26-17(27-28)5-3-11-29/h2,4,6-10,12,19,29H,3,5,11H2,1H3,(H,25,30)(H,24,26,27)/t19-/m0/s1. The van der Waals surface area contributed by atoms with Crippen molar-refractivity contribution < 1.29 is 9.90 Å². The number of fused-ring (bicyclic) bond motifs is 1. The highest BCUT2D eigenvalue weighted by Gasteiger charge is 2.34. The van der Waals surface area contributed by atoms with E-state index in [1.54, 1.807) is 41.3 Å². The average Bonchev–Trinajstić information content (AvgIpc) is 3.15. The minimum absolute atomic E-state index is 0.0648. The molecule has 30 heavy (non-hydrogen) atoms. The predicted molar refractivity (Wildman–Crippen MR) is 114 cm³/mol. The normalized spacial score (nSPS) is 15.5. The largest absolute Gasteiger partial charge is 0.396 e. The molecule has 3 aromatic rings. The highest BCUT2D eigenvalue weighted by molar-refractivity contribution is 6.30. The third-order valence-electron chi connectivity index (χ3n) is 4.80. The maximum absolute atomic E-state index is 13.3. The van der Waals surface area contributed by atoms with Crippen LogP contribution in [-0.2, 0) is 11.2 Å². The Morgan fingerprint density at radius 3 is 2.80 bits per heavy atom. The Morgan fingerprint density at radius 1 is 1.30 bits per heavy atom. The lowest BCUT2D eigenvalue weighted by Crippen LogP contribution is -2.31. The first-order valence-corrected chi connectivity index (χ1v) is 9.95. The number of halogens is 1. The Hall–Kier alpha value is -3.23. The molecule has 0 fully saturated rings. The summed E-state index contributed by atoms with van der Waals surface area (Å²) in [7, 11) is 0. The molecule has 0 unspecified atom stereocenters. The SMILES string of the molecule is CC1=C(C(=O)Nc2ccc(Cl)cc2)[C@H](c2cccnc2)n2nc(CCCO)nc2N1. The molecular weight excluding hydrogens is 404 g/mol. The van der Waals surface area contributed by atoms with Crippen molar-refractivity contribution in [2.75, 3.05) is 17.2 Å². The number of aliphatic hydroxyl groups excluding tert-OH is 1. The van der Waals surface area contributed by atoms with E-state index in [2.05, 4.69) is 25.7 Å². The van der Waals surface area contributed by atoms with Gasteiger partial charge in [-0.25, -0.2) is 4.68 Å². The van der Waals surface area contributed by atoms with Crippen LogP contribution < -0.4 is 10.6 Å². The van der Waals surface area contributed by atoms with E-state index >= 15 is 0 Å². The molecule has 1 atom stereocenters. The first-order chi connectivity index (χ1) is 14.6. The van der Waals surface area contributed by atoms with Crippen LogP contribution in [-0.4, -0.2) is 37.4 Å². The molecule has 3 heterocycles. The zero-order chi connectivity index (χ0) is 21.1. The van der Waals surface area contributed by atoms with E-state index in [1.807, 2.05) is 19.1 Å². The molecule has 0 radical (unpaired) electrons. The number of nitrogens with zero attached hydrogens (tertiary/aromatic N) is 4. The topological polar surface area (TPSA) is 105 Å². The smallest absolute Gasteiger partial charge is 0.255 e. The van der Waals surface area contributed by atoms with E-state index in [9.17, 15) is 4.79 Å². The Balaban J connectivity index is 1.73. The number of carbonyl (C=O) groups is 1. The van der Waals surface area contributed by atoms with Gasteiger partial charge in [0.2, 0.25) is 5.95 Å². The predicted octanol–water partition coefficient (Wildman–Crippen LogP) is 3.18. The number of anilines is 2. The fourth-order valence-corrected chi connectivity index (χ4v) is 3.54. The number of carbonyl (C=O) groups excluding carboxylic acids is 1. The molecule has 4 rings (SSSR count). The second-order valence-corrected chi connectivity index (χ2v) is 7.37. The Bertz CT molecular complexity index is 1080. The van der Waals surface area contributed by atoms with Crippen molar-refractivity contribution in [2.24, 2.45) is 0 Å². The maximum atomic E-state index is 13.3. The van der Waals surface area contributed by atoms with Gasteiger partial charge in [-0.15, -0.1) is 0 Å². The molecule has 1 aliphatic heterocycles. The van der Waals surface area contributed by atoms with E-state index in [0.717, 1.165) is 5.56 Å². The summed E-state index contributed by atoms with van der Waals surface area (Å²) in [6, 6.07) is 10.2. The monoisotopic (exact) mass is 424 g/mol. The lowest BCUT2D eigenvalue weighted by molar-refractivity contribution is -0.113. The van der Waals surface area contributed by atoms with Crippen molar-refractivity contribution in [3.8, 4) is 0 Å². The van der Waals surface area contributed by atoms with Gasteiger partial charge in [-0.2, -0.15) is 10.1 Å². The van der Waals surface area contributed by atoms with Crippen molar-refractivity contribution in [2.45, 2.75) is 25.8 Å². The van der Waals surface area contributed by atoms with Gasteiger partial charge in [-0.3, -0.25) is 9.78 Å². The zero-order valence-corrected chi connectivity index (χ0v) is 17.1. The Morgan fingerprint density at radius 2 is 2.10 bits per heavy atom. The van der Waals surface area contributed by atoms with Crippen molar-refractivity contribution in [3.63, 3.8) is 0 Å². The van der Waals surface area contributed by atoms with Crippen molar-refractivity contribution in [1.29, 1.82) is 0 Å². The average molecular weight is 425 g/mol. The fourth-order valence-electron chi connectivity index (χ4n) is 3.41.